The maximum atomic E-state index is 12.6. The van der Waals surface area contributed by atoms with Crippen LogP contribution in [0.4, 0.5) is 0 Å². The van der Waals surface area contributed by atoms with Gasteiger partial charge in [-0.25, -0.2) is 9.34 Å². The highest BCUT2D eigenvalue weighted by Gasteiger charge is 2.30. The first kappa shape index (κ1) is 15.4. The fourth-order valence-electron chi connectivity index (χ4n) is 1.46. The summed E-state index contributed by atoms with van der Waals surface area (Å²) in [7, 11) is 4.98. The van der Waals surface area contributed by atoms with Crippen molar-refractivity contribution in [3.8, 4) is 0 Å². The lowest BCUT2D eigenvalue weighted by molar-refractivity contribution is 0.445. The second-order valence-corrected chi connectivity index (χ2v) is 8.19. The zero-order valence-electron chi connectivity index (χ0n) is 10.5. The van der Waals surface area contributed by atoms with Crippen LogP contribution in [0.3, 0.4) is 0 Å². The Bertz CT molecular complexity index is 209. The number of alkyl halides is 1. The first-order valence-electron chi connectivity index (χ1n) is 5.43. The van der Waals surface area contributed by atoms with Crippen molar-refractivity contribution in [1.29, 1.82) is 0 Å². The molecule has 0 N–H and O–H groups in total. The Morgan fingerprint density at radius 1 is 1.20 bits per heavy atom. The fourth-order valence-corrected chi connectivity index (χ4v) is 4.22. The molecule has 92 valence electrons. The monoisotopic (exact) mass is 254 g/mol. The number of hydrogen-bond acceptors (Lipinski definition) is 1. The summed E-state index contributed by atoms with van der Waals surface area (Å²) in [6, 6.07) is 0. The fraction of sp³-hybridized carbons (Fsp3) is 1.00. The molecule has 0 fully saturated rings. The van der Waals surface area contributed by atoms with Crippen molar-refractivity contribution >= 4 is 19.0 Å². The molecule has 15 heavy (non-hydrogen) atoms. The van der Waals surface area contributed by atoms with Gasteiger partial charge in [0.05, 0.1) is 0 Å². The molecule has 0 saturated carbocycles. The molecule has 0 amide bonds. The van der Waals surface area contributed by atoms with E-state index >= 15 is 0 Å². The standard InChI is InChI=1S/C10H24ClN2OP/c1-6-7-8-10(11)9-15(14,12(2)3)13(4)5/h10H,6-9H2,1-5H3/t10-/m1/s1. The maximum Gasteiger partial charge on any atom is 0.216 e. The molecule has 3 nitrogen and oxygen atoms in total. The van der Waals surface area contributed by atoms with Gasteiger partial charge >= 0.3 is 0 Å². The first-order valence-corrected chi connectivity index (χ1v) is 7.66. The van der Waals surface area contributed by atoms with Crippen LogP contribution in [0.5, 0.6) is 0 Å². The molecule has 0 spiro atoms. The van der Waals surface area contributed by atoms with Crippen molar-refractivity contribution in [3.63, 3.8) is 0 Å². The van der Waals surface area contributed by atoms with Crippen molar-refractivity contribution < 1.29 is 4.57 Å². The Morgan fingerprint density at radius 3 is 2.00 bits per heavy atom. The van der Waals surface area contributed by atoms with E-state index in [1.54, 1.807) is 9.34 Å². The van der Waals surface area contributed by atoms with E-state index in [2.05, 4.69) is 6.92 Å². The van der Waals surface area contributed by atoms with Gasteiger partial charge in [0.25, 0.3) is 0 Å². The number of nitrogens with zero attached hydrogens (tertiary/aromatic N) is 2. The summed E-state index contributed by atoms with van der Waals surface area (Å²) in [5, 5.41) is 0.0144. The zero-order chi connectivity index (χ0) is 12.1. The van der Waals surface area contributed by atoms with Crippen LogP contribution in [-0.2, 0) is 4.57 Å². The van der Waals surface area contributed by atoms with E-state index < -0.39 is 7.44 Å². The highest BCUT2D eigenvalue weighted by atomic mass is 35.5. The van der Waals surface area contributed by atoms with Gasteiger partial charge in [-0.3, -0.25) is 4.57 Å². The third-order valence-corrected chi connectivity index (χ3v) is 6.56. The summed E-state index contributed by atoms with van der Waals surface area (Å²) in [5.41, 5.74) is 0. The van der Waals surface area contributed by atoms with Crippen LogP contribution in [-0.4, -0.2) is 49.1 Å². The summed E-state index contributed by atoms with van der Waals surface area (Å²) in [5.74, 6) is 0. The highest BCUT2D eigenvalue weighted by Crippen LogP contribution is 2.50. The molecule has 0 bridgehead atoms. The molecule has 0 aliphatic carbocycles. The van der Waals surface area contributed by atoms with E-state index in [-0.39, 0.29) is 5.38 Å². The minimum atomic E-state index is -2.42. The summed E-state index contributed by atoms with van der Waals surface area (Å²) in [6.07, 6.45) is 3.75. The molecule has 0 rings (SSSR count). The molecule has 0 aliphatic rings. The molecule has 0 heterocycles. The Morgan fingerprint density at radius 2 is 1.67 bits per heavy atom. The summed E-state index contributed by atoms with van der Waals surface area (Å²) in [6.45, 7) is 2.14. The van der Waals surface area contributed by atoms with E-state index in [4.69, 9.17) is 11.6 Å². The van der Waals surface area contributed by atoms with Gasteiger partial charge in [0.15, 0.2) is 0 Å². The maximum absolute atomic E-state index is 12.6. The zero-order valence-corrected chi connectivity index (χ0v) is 12.2. The van der Waals surface area contributed by atoms with Crippen molar-refractivity contribution in [2.75, 3.05) is 34.4 Å². The Hall–Kier alpha value is 0.440. The van der Waals surface area contributed by atoms with Gasteiger partial charge in [0.2, 0.25) is 7.44 Å². The van der Waals surface area contributed by atoms with Crippen molar-refractivity contribution in [2.45, 2.75) is 31.6 Å². The number of rotatable bonds is 7. The van der Waals surface area contributed by atoms with Crippen LogP contribution < -0.4 is 0 Å². The van der Waals surface area contributed by atoms with Crippen molar-refractivity contribution in [3.05, 3.63) is 0 Å². The van der Waals surface area contributed by atoms with E-state index in [0.717, 1.165) is 19.3 Å². The van der Waals surface area contributed by atoms with Gasteiger partial charge in [-0.1, -0.05) is 19.8 Å². The van der Waals surface area contributed by atoms with E-state index in [0.29, 0.717) is 6.16 Å². The molecule has 0 unspecified atom stereocenters. The average molecular weight is 255 g/mol. The molecule has 1 atom stereocenters. The van der Waals surface area contributed by atoms with Crippen LogP contribution >= 0.6 is 19.0 Å². The van der Waals surface area contributed by atoms with Crippen LogP contribution in [0.15, 0.2) is 0 Å². The van der Waals surface area contributed by atoms with Gasteiger partial charge < -0.3 is 0 Å². The Balaban J connectivity index is 4.36. The largest absolute Gasteiger partial charge is 0.289 e. The SMILES string of the molecule is CCCC[C@@H](Cl)CP(=O)(N(C)C)N(C)C. The van der Waals surface area contributed by atoms with E-state index in [1.807, 2.05) is 28.2 Å². The Labute approximate surface area is 99.2 Å². The second kappa shape index (κ2) is 6.90. The van der Waals surface area contributed by atoms with Gasteiger partial charge in [-0.05, 0) is 34.6 Å². The van der Waals surface area contributed by atoms with Gasteiger partial charge in [0.1, 0.15) is 0 Å². The summed E-state index contributed by atoms with van der Waals surface area (Å²) < 4.78 is 16.2. The van der Waals surface area contributed by atoms with Crippen molar-refractivity contribution in [2.24, 2.45) is 0 Å². The van der Waals surface area contributed by atoms with Crippen molar-refractivity contribution in [1.82, 2.24) is 9.34 Å². The van der Waals surface area contributed by atoms with Gasteiger partial charge in [-0.15, -0.1) is 11.6 Å². The highest BCUT2D eigenvalue weighted by molar-refractivity contribution is 7.59. The normalized spacial score (nSPS) is 14.9. The smallest absolute Gasteiger partial charge is 0.216 e. The van der Waals surface area contributed by atoms with Crippen LogP contribution in [0.1, 0.15) is 26.2 Å². The number of hydrogen-bond donors (Lipinski definition) is 0. The predicted molar refractivity (Wildman–Crippen MR) is 69.0 cm³/mol. The van der Waals surface area contributed by atoms with E-state index in [9.17, 15) is 4.57 Å². The third-order valence-electron chi connectivity index (χ3n) is 2.56. The Kier molecular flexibility index (Phi) is 7.10. The van der Waals surface area contributed by atoms with Crippen LogP contribution in [0.25, 0.3) is 0 Å². The summed E-state index contributed by atoms with van der Waals surface area (Å²) in [4.78, 5) is 0. The molecule has 0 aromatic heterocycles. The predicted octanol–water partition coefficient (Wildman–Crippen LogP) is 3.10. The molecule has 0 saturated heterocycles. The lowest BCUT2D eigenvalue weighted by Gasteiger charge is -2.32. The lowest BCUT2D eigenvalue weighted by Crippen LogP contribution is -2.26. The molecule has 0 aliphatic heterocycles. The number of halogens is 1. The lowest BCUT2D eigenvalue weighted by atomic mass is 10.2. The summed E-state index contributed by atoms with van der Waals surface area (Å²) >= 11 is 6.21. The molecule has 0 aromatic carbocycles. The van der Waals surface area contributed by atoms with Gasteiger partial charge in [-0.2, -0.15) is 0 Å². The molecular weight excluding hydrogens is 231 g/mol. The molecule has 0 aromatic rings. The topological polar surface area (TPSA) is 23.6 Å². The van der Waals surface area contributed by atoms with Gasteiger partial charge in [0, 0.05) is 11.5 Å². The quantitative estimate of drug-likeness (QED) is 0.515. The minimum absolute atomic E-state index is 0.0144. The molecule has 0 radical (unpaired) electrons. The van der Waals surface area contributed by atoms with Crippen LogP contribution in [0, 0.1) is 0 Å². The minimum Gasteiger partial charge on any atom is -0.289 e. The van der Waals surface area contributed by atoms with Crippen LogP contribution in [0.2, 0.25) is 0 Å². The second-order valence-electron chi connectivity index (χ2n) is 4.28. The van der Waals surface area contributed by atoms with E-state index in [1.165, 1.54) is 0 Å². The number of unbranched alkanes of at least 4 members (excludes halogenated alkanes) is 1. The third kappa shape index (κ3) is 4.86. The first-order chi connectivity index (χ1) is 6.84. The molecular formula is C10H24ClN2OP. The molecule has 5 heteroatoms. The average Bonchev–Trinajstić information content (AvgIpc) is 2.13.